The Kier molecular flexibility index (Phi) is 5.49. The molecule has 2 aromatic rings. The summed E-state index contributed by atoms with van der Waals surface area (Å²) in [6, 6.07) is 12.3. The maximum absolute atomic E-state index is 12.6. The molecule has 0 radical (unpaired) electrons. The van der Waals surface area contributed by atoms with Crippen molar-refractivity contribution in [2.24, 2.45) is 0 Å². The summed E-state index contributed by atoms with van der Waals surface area (Å²) in [5.41, 5.74) is 1.68. The second kappa shape index (κ2) is 8.01. The third kappa shape index (κ3) is 4.03. The molecule has 0 bridgehead atoms. The van der Waals surface area contributed by atoms with Gasteiger partial charge in [0.2, 0.25) is 5.91 Å². The van der Waals surface area contributed by atoms with Crippen LogP contribution in [-0.2, 0) is 14.4 Å². The van der Waals surface area contributed by atoms with Crippen molar-refractivity contribution in [2.45, 2.75) is 0 Å². The maximum atomic E-state index is 12.6. The molecule has 1 N–H and O–H groups in total. The number of imide groups is 2. The van der Waals surface area contributed by atoms with Gasteiger partial charge >= 0.3 is 17.8 Å². The number of amides is 5. The topological polar surface area (TPSA) is 99.3 Å². The van der Waals surface area contributed by atoms with Crippen LogP contribution in [0.2, 0.25) is 0 Å². The number of hydrogen-bond donors (Lipinski definition) is 1. The van der Waals surface area contributed by atoms with Crippen molar-refractivity contribution >= 4 is 40.8 Å². The Morgan fingerprint density at radius 1 is 0.966 bits per heavy atom. The second-order valence-corrected chi connectivity index (χ2v) is 6.50. The molecule has 1 aliphatic rings. The molecule has 2 aromatic carbocycles. The third-order valence-electron chi connectivity index (χ3n) is 4.35. The molecule has 0 atom stereocenters. The van der Waals surface area contributed by atoms with Gasteiger partial charge in [-0.15, -0.1) is 0 Å². The maximum Gasteiger partial charge on any atom is 0.339 e. The van der Waals surface area contributed by atoms with E-state index < -0.39 is 30.3 Å². The van der Waals surface area contributed by atoms with Crippen LogP contribution < -0.4 is 19.9 Å². The molecule has 0 aromatic heterocycles. The average Bonchev–Trinajstić information content (AvgIpc) is 2.92. The van der Waals surface area contributed by atoms with Crippen LogP contribution in [0.1, 0.15) is 0 Å². The van der Waals surface area contributed by atoms with Gasteiger partial charge in [-0.3, -0.25) is 14.4 Å². The molecule has 9 heteroatoms. The lowest BCUT2D eigenvalue weighted by Gasteiger charge is -2.16. The first-order valence-corrected chi connectivity index (χ1v) is 8.73. The van der Waals surface area contributed by atoms with Crippen molar-refractivity contribution < 1.29 is 23.9 Å². The highest BCUT2D eigenvalue weighted by Crippen LogP contribution is 2.24. The molecular formula is C20H20N4O5. The third-order valence-corrected chi connectivity index (χ3v) is 4.35. The van der Waals surface area contributed by atoms with E-state index in [1.807, 2.05) is 31.1 Å². The predicted octanol–water partition coefficient (Wildman–Crippen LogP) is 1.70. The number of urea groups is 1. The number of carbonyl (C=O) groups is 4. The Morgan fingerprint density at radius 3 is 2.14 bits per heavy atom. The number of nitrogens with one attached hydrogen (secondary N) is 1. The van der Waals surface area contributed by atoms with E-state index in [1.54, 1.807) is 24.3 Å². The van der Waals surface area contributed by atoms with Gasteiger partial charge < -0.3 is 15.0 Å². The summed E-state index contributed by atoms with van der Waals surface area (Å²) in [5, 5.41) is 2.61. The Bertz CT molecular complexity index is 954. The minimum absolute atomic E-state index is 0.219. The van der Waals surface area contributed by atoms with E-state index in [0.29, 0.717) is 16.3 Å². The molecule has 3 rings (SSSR count). The fraction of sp³-hybridized carbons (Fsp3) is 0.200. The van der Waals surface area contributed by atoms with E-state index in [4.69, 9.17) is 4.74 Å². The average molecular weight is 396 g/mol. The summed E-state index contributed by atoms with van der Waals surface area (Å²) in [4.78, 5) is 52.6. The number of benzene rings is 2. The van der Waals surface area contributed by atoms with Crippen molar-refractivity contribution in [3.63, 3.8) is 0 Å². The monoisotopic (exact) mass is 396 g/mol. The molecule has 0 unspecified atom stereocenters. The highest BCUT2D eigenvalue weighted by Gasteiger charge is 2.46. The standard InChI is InChI=1S/C20H20N4O5/c1-22(2)14-6-4-13(5-7-14)21-17(25)12-23-18(26)19(27)24(20(23)28)15-8-10-16(29-3)11-9-15/h4-11H,12H2,1-3H3,(H,21,25). The molecular weight excluding hydrogens is 376 g/mol. The molecule has 9 nitrogen and oxygen atoms in total. The minimum atomic E-state index is -1.05. The lowest BCUT2D eigenvalue weighted by atomic mass is 10.2. The summed E-state index contributed by atoms with van der Waals surface area (Å²) in [6.45, 7) is -0.564. The number of carbonyl (C=O) groups excluding carboxylic acids is 4. The van der Waals surface area contributed by atoms with Gasteiger partial charge in [-0.25, -0.2) is 14.6 Å². The molecule has 29 heavy (non-hydrogen) atoms. The van der Waals surface area contributed by atoms with E-state index in [1.165, 1.54) is 19.2 Å². The highest BCUT2D eigenvalue weighted by atomic mass is 16.5. The summed E-state index contributed by atoms with van der Waals surface area (Å²) in [7, 11) is 5.27. The van der Waals surface area contributed by atoms with Crippen LogP contribution in [-0.4, -0.2) is 56.4 Å². The van der Waals surface area contributed by atoms with Crippen LogP contribution in [0, 0.1) is 0 Å². The first kappa shape index (κ1) is 19.9. The van der Waals surface area contributed by atoms with Gasteiger partial charge in [0.05, 0.1) is 12.8 Å². The van der Waals surface area contributed by atoms with Crippen LogP contribution in [0.25, 0.3) is 0 Å². The molecule has 1 saturated heterocycles. The summed E-state index contributed by atoms with van der Waals surface area (Å²) in [5.74, 6) is -2.11. The van der Waals surface area contributed by atoms with Crippen molar-refractivity contribution in [1.82, 2.24) is 4.90 Å². The Labute approximate surface area is 167 Å². The Morgan fingerprint density at radius 2 is 1.59 bits per heavy atom. The SMILES string of the molecule is COc1ccc(N2C(=O)C(=O)N(CC(=O)Nc3ccc(N(C)C)cc3)C2=O)cc1. The fourth-order valence-electron chi connectivity index (χ4n) is 2.79. The quantitative estimate of drug-likeness (QED) is 0.589. The predicted molar refractivity (Wildman–Crippen MR) is 107 cm³/mol. The highest BCUT2D eigenvalue weighted by molar-refractivity contribution is 6.53. The molecule has 5 amide bonds. The fourth-order valence-corrected chi connectivity index (χ4v) is 2.79. The van der Waals surface area contributed by atoms with Crippen LogP contribution in [0.5, 0.6) is 5.75 Å². The number of methoxy groups -OCH3 is 1. The van der Waals surface area contributed by atoms with Crippen molar-refractivity contribution in [1.29, 1.82) is 0 Å². The molecule has 1 fully saturated rings. The minimum Gasteiger partial charge on any atom is -0.497 e. The van der Waals surface area contributed by atoms with Crippen LogP contribution in [0.15, 0.2) is 48.5 Å². The summed E-state index contributed by atoms with van der Waals surface area (Å²) < 4.78 is 5.04. The largest absolute Gasteiger partial charge is 0.497 e. The number of ether oxygens (including phenoxy) is 1. The van der Waals surface area contributed by atoms with Gasteiger partial charge in [0.15, 0.2) is 0 Å². The lowest BCUT2D eigenvalue weighted by Crippen LogP contribution is -2.39. The normalized spacial score (nSPS) is 13.7. The van der Waals surface area contributed by atoms with E-state index in [2.05, 4.69) is 5.32 Å². The zero-order valence-corrected chi connectivity index (χ0v) is 16.2. The summed E-state index contributed by atoms with van der Waals surface area (Å²) >= 11 is 0. The van der Waals surface area contributed by atoms with Gasteiger partial charge in [0.25, 0.3) is 0 Å². The van der Waals surface area contributed by atoms with Crippen molar-refractivity contribution in [2.75, 3.05) is 42.9 Å². The molecule has 0 saturated carbocycles. The molecule has 0 spiro atoms. The zero-order chi connectivity index (χ0) is 21.1. The van der Waals surface area contributed by atoms with Gasteiger partial charge in [-0.2, -0.15) is 0 Å². The summed E-state index contributed by atoms with van der Waals surface area (Å²) in [6.07, 6.45) is 0. The van der Waals surface area contributed by atoms with Crippen LogP contribution >= 0.6 is 0 Å². The van der Waals surface area contributed by atoms with E-state index in [9.17, 15) is 19.2 Å². The van der Waals surface area contributed by atoms with Gasteiger partial charge in [0.1, 0.15) is 12.3 Å². The van der Waals surface area contributed by atoms with Gasteiger partial charge in [-0.1, -0.05) is 0 Å². The number of nitrogens with zero attached hydrogens (tertiary/aromatic N) is 3. The van der Waals surface area contributed by atoms with Crippen molar-refractivity contribution in [3.8, 4) is 5.75 Å². The van der Waals surface area contributed by atoms with Gasteiger partial charge in [-0.05, 0) is 48.5 Å². The van der Waals surface area contributed by atoms with Crippen LogP contribution in [0.3, 0.4) is 0 Å². The van der Waals surface area contributed by atoms with Crippen molar-refractivity contribution in [3.05, 3.63) is 48.5 Å². The molecule has 1 aliphatic heterocycles. The molecule has 150 valence electrons. The molecule has 1 heterocycles. The Hall–Kier alpha value is -3.88. The number of anilines is 3. The second-order valence-electron chi connectivity index (χ2n) is 6.50. The van der Waals surface area contributed by atoms with Gasteiger partial charge in [0, 0.05) is 25.5 Å². The molecule has 0 aliphatic carbocycles. The smallest absolute Gasteiger partial charge is 0.339 e. The first-order valence-electron chi connectivity index (χ1n) is 8.73. The number of rotatable bonds is 6. The van der Waals surface area contributed by atoms with E-state index in [-0.39, 0.29) is 5.69 Å². The Balaban J connectivity index is 1.70. The lowest BCUT2D eigenvalue weighted by molar-refractivity contribution is -0.140. The first-order chi connectivity index (χ1) is 13.8. The van der Waals surface area contributed by atoms with E-state index in [0.717, 1.165) is 10.6 Å². The van der Waals surface area contributed by atoms with E-state index >= 15 is 0 Å². The zero-order valence-electron chi connectivity index (χ0n) is 16.2. The van der Waals surface area contributed by atoms with Crippen LogP contribution in [0.4, 0.5) is 21.9 Å². The number of hydrogen-bond acceptors (Lipinski definition) is 6.